The lowest BCUT2D eigenvalue weighted by Crippen LogP contribution is -2.25. The molecule has 3 heterocycles. The summed E-state index contributed by atoms with van der Waals surface area (Å²) in [6.45, 7) is 1.86. The van der Waals surface area contributed by atoms with Crippen LogP contribution in [0.25, 0.3) is 16.8 Å². The van der Waals surface area contributed by atoms with Crippen molar-refractivity contribution in [1.82, 2.24) is 29.4 Å². The van der Waals surface area contributed by atoms with Gasteiger partial charge in [0, 0.05) is 6.20 Å². The van der Waals surface area contributed by atoms with E-state index < -0.39 is 0 Å². The molecule has 0 N–H and O–H groups in total. The van der Waals surface area contributed by atoms with Gasteiger partial charge in [-0.25, -0.2) is 4.39 Å². The van der Waals surface area contributed by atoms with E-state index in [1.807, 2.05) is 6.92 Å². The van der Waals surface area contributed by atoms with Crippen molar-refractivity contribution in [3.8, 4) is 0 Å². The fraction of sp³-hybridized carbons (Fsp3) is 0.133. The molecule has 114 valence electrons. The first-order valence-corrected chi connectivity index (χ1v) is 6.98. The number of rotatable bonds is 2. The SMILES string of the molecule is CC(c1ccc(F)cc1)n1ccc2c(nnc3ncnn32)c1=O. The van der Waals surface area contributed by atoms with Crippen LogP contribution in [-0.4, -0.2) is 29.4 Å². The Morgan fingerprint density at radius 1 is 1.13 bits per heavy atom. The van der Waals surface area contributed by atoms with E-state index in [1.54, 1.807) is 24.4 Å². The van der Waals surface area contributed by atoms with Crippen molar-refractivity contribution in [2.75, 3.05) is 0 Å². The van der Waals surface area contributed by atoms with Crippen LogP contribution in [-0.2, 0) is 0 Å². The minimum Gasteiger partial charge on any atom is -0.306 e. The average Bonchev–Trinajstić information content (AvgIpc) is 3.04. The number of fused-ring (bicyclic) bond motifs is 3. The molecular weight excluding hydrogens is 299 g/mol. The molecule has 23 heavy (non-hydrogen) atoms. The highest BCUT2D eigenvalue weighted by molar-refractivity contribution is 5.74. The van der Waals surface area contributed by atoms with Crippen LogP contribution in [0.5, 0.6) is 0 Å². The van der Waals surface area contributed by atoms with E-state index in [4.69, 9.17) is 0 Å². The highest BCUT2D eigenvalue weighted by atomic mass is 19.1. The maximum absolute atomic E-state index is 13.1. The Morgan fingerprint density at radius 2 is 1.91 bits per heavy atom. The van der Waals surface area contributed by atoms with Crippen molar-refractivity contribution in [2.45, 2.75) is 13.0 Å². The number of aromatic nitrogens is 6. The molecule has 1 unspecified atom stereocenters. The molecule has 0 spiro atoms. The zero-order chi connectivity index (χ0) is 16.0. The first-order valence-electron chi connectivity index (χ1n) is 6.98. The predicted molar refractivity (Wildman–Crippen MR) is 80.6 cm³/mol. The van der Waals surface area contributed by atoms with E-state index in [0.717, 1.165) is 5.56 Å². The normalized spacial score (nSPS) is 12.8. The molecule has 0 aliphatic rings. The summed E-state index contributed by atoms with van der Waals surface area (Å²) in [5, 5.41) is 11.9. The monoisotopic (exact) mass is 310 g/mol. The van der Waals surface area contributed by atoms with Crippen LogP contribution >= 0.6 is 0 Å². The van der Waals surface area contributed by atoms with Crippen molar-refractivity contribution >= 4 is 16.8 Å². The molecular formula is C15H11FN6O. The Labute approximate surface area is 129 Å². The highest BCUT2D eigenvalue weighted by Crippen LogP contribution is 2.17. The van der Waals surface area contributed by atoms with Gasteiger partial charge in [-0.05, 0) is 30.7 Å². The van der Waals surface area contributed by atoms with Gasteiger partial charge in [0.1, 0.15) is 17.7 Å². The van der Waals surface area contributed by atoms with Gasteiger partial charge in [-0.15, -0.1) is 10.2 Å². The number of hydrogen-bond acceptors (Lipinski definition) is 5. The number of halogens is 1. The smallest absolute Gasteiger partial charge is 0.281 e. The zero-order valence-corrected chi connectivity index (χ0v) is 12.1. The van der Waals surface area contributed by atoms with Gasteiger partial charge in [-0.2, -0.15) is 14.6 Å². The molecule has 0 aliphatic carbocycles. The minimum absolute atomic E-state index is 0.208. The van der Waals surface area contributed by atoms with Crippen LogP contribution in [0.4, 0.5) is 4.39 Å². The zero-order valence-electron chi connectivity index (χ0n) is 12.1. The van der Waals surface area contributed by atoms with E-state index in [2.05, 4.69) is 20.3 Å². The van der Waals surface area contributed by atoms with Gasteiger partial charge in [0.2, 0.25) is 0 Å². The number of benzene rings is 1. The van der Waals surface area contributed by atoms with Gasteiger partial charge in [0.15, 0.2) is 5.52 Å². The fourth-order valence-corrected chi connectivity index (χ4v) is 2.57. The van der Waals surface area contributed by atoms with Crippen LogP contribution in [0.1, 0.15) is 18.5 Å². The molecule has 0 radical (unpaired) electrons. The molecule has 0 saturated heterocycles. The largest absolute Gasteiger partial charge is 0.306 e. The minimum atomic E-state index is -0.314. The molecule has 1 aromatic carbocycles. The highest BCUT2D eigenvalue weighted by Gasteiger charge is 2.14. The van der Waals surface area contributed by atoms with Gasteiger partial charge < -0.3 is 4.57 Å². The van der Waals surface area contributed by atoms with E-state index in [9.17, 15) is 9.18 Å². The summed E-state index contributed by atoms with van der Waals surface area (Å²) in [7, 11) is 0. The van der Waals surface area contributed by atoms with Crippen molar-refractivity contribution in [1.29, 1.82) is 0 Å². The second-order valence-corrected chi connectivity index (χ2v) is 5.16. The third-order valence-corrected chi connectivity index (χ3v) is 3.84. The predicted octanol–water partition coefficient (Wildman–Crippen LogP) is 1.58. The van der Waals surface area contributed by atoms with Gasteiger partial charge in [0.25, 0.3) is 11.3 Å². The molecule has 4 rings (SSSR count). The Kier molecular flexibility index (Phi) is 2.90. The molecule has 0 saturated carbocycles. The maximum atomic E-state index is 13.1. The number of hydrogen-bond donors (Lipinski definition) is 0. The van der Waals surface area contributed by atoms with Crippen LogP contribution < -0.4 is 5.56 Å². The lowest BCUT2D eigenvalue weighted by molar-refractivity contribution is 0.605. The van der Waals surface area contributed by atoms with Crippen LogP contribution in [0.2, 0.25) is 0 Å². The van der Waals surface area contributed by atoms with Crippen LogP contribution in [0.3, 0.4) is 0 Å². The quantitative estimate of drug-likeness (QED) is 0.562. The summed E-state index contributed by atoms with van der Waals surface area (Å²) in [5.74, 6) is 0.0208. The second-order valence-electron chi connectivity index (χ2n) is 5.16. The molecule has 0 amide bonds. The van der Waals surface area contributed by atoms with Crippen LogP contribution in [0.15, 0.2) is 47.7 Å². The Bertz CT molecular complexity index is 1070. The summed E-state index contributed by atoms with van der Waals surface area (Å²) in [4.78, 5) is 16.6. The van der Waals surface area contributed by atoms with Crippen LogP contribution in [0, 0.1) is 5.82 Å². The maximum Gasteiger partial charge on any atom is 0.281 e. The second kappa shape index (κ2) is 4.94. The van der Waals surface area contributed by atoms with Crippen molar-refractivity contribution in [2.24, 2.45) is 0 Å². The Morgan fingerprint density at radius 3 is 2.70 bits per heavy atom. The Hall–Kier alpha value is -3.16. The topological polar surface area (TPSA) is 78.0 Å². The van der Waals surface area contributed by atoms with E-state index >= 15 is 0 Å². The lowest BCUT2D eigenvalue weighted by atomic mass is 10.1. The first kappa shape index (κ1) is 13.5. The van der Waals surface area contributed by atoms with Crippen molar-refractivity contribution in [3.05, 3.63) is 64.6 Å². The summed E-state index contributed by atoms with van der Waals surface area (Å²) in [6, 6.07) is 7.53. The fourth-order valence-electron chi connectivity index (χ4n) is 2.57. The molecule has 3 aromatic heterocycles. The first-order chi connectivity index (χ1) is 11.1. The summed E-state index contributed by atoms with van der Waals surface area (Å²) < 4.78 is 16.1. The van der Waals surface area contributed by atoms with Gasteiger partial charge in [0.05, 0.1) is 6.04 Å². The van der Waals surface area contributed by atoms with Gasteiger partial charge in [-0.1, -0.05) is 12.1 Å². The van der Waals surface area contributed by atoms with Crippen molar-refractivity contribution in [3.63, 3.8) is 0 Å². The molecule has 8 heteroatoms. The van der Waals surface area contributed by atoms with Gasteiger partial charge >= 0.3 is 0 Å². The molecule has 7 nitrogen and oxygen atoms in total. The summed E-state index contributed by atoms with van der Waals surface area (Å²) in [6.07, 6.45) is 3.03. The number of pyridine rings is 1. The number of nitrogens with zero attached hydrogens (tertiary/aromatic N) is 6. The van der Waals surface area contributed by atoms with E-state index in [1.165, 1.54) is 27.5 Å². The van der Waals surface area contributed by atoms with Crippen molar-refractivity contribution < 1.29 is 4.39 Å². The molecule has 0 fully saturated rings. The average molecular weight is 310 g/mol. The van der Waals surface area contributed by atoms with Gasteiger partial charge in [-0.3, -0.25) is 4.79 Å². The molecule has 0 aliphatic heterocycles. The third-order valence-electron chi connectivity index (χ3n) is 3.84. The summed E-state index contributed by atoms with van der Waals surface area (Å²) in [5.41, 5.74) is 1.28. The standard InChI is InChI=1S/C15H11FN6O/c1-9(10-2-4-11(16)5-3-10)21-7-6-12-13(14(21)23)19-20-15-17-8-18-22(12)15/h2-9H,1H3. The van der Waals surface area contributed by atoms with E-state index in [-0.39, 0.29) is 22.9 Å². The Balaban J connectivity index is 1.90. The van der Waals surface area contributed by atoms with E-state index in [0.29, 0.717) is 11.3 Å². The third kappa shape index (κ3) is 2.07. The molecule has 1 atom stereocenters. The summed E-state index contributed by atoms with van der Waals surface area (Å²) >= 11 is 0. The lowest BCUT2D eigenvalue weighted by Gasteiger charge is -2.16. The molecule has 0 bridgehead atoms. The molecule has 4 aromatic rings.